The van der Waals surface area contributed by atoms with Crippen LogP contribution < -0.4 is 25.0 Å². The van der Waals surface area contributed by atoms with E-state index in [2.05, 4.69) is 10.6 Å². The van der Waals surface area contributed by atoms with Crippen LogP contribution in [-0.4, -0.2) is 37.5 Å². The molecule has 0 aromatic heterocycles. The SMILES string of the molecule is COc1cc(/C=C2\C(=O)NC(=O)N(c3ccc(C)cc3)C2=O)ccc1OCC(=O)Nc1ccc(C)cc1. The van der Waals surface area contributed by atoms with E-state index in [1.807, 2.05) is 26.0 Å². The van der Waals surface area contributed by atoms with E-state index in [9.17, 15) is 19.2 Å². The number of barbiturate groups is 1. The molecule has 37 heavy (non-hydrogen) atoms. The van der Waals surface area contributed by atoms with E-state index in [1.165, 1.54) is 13.2 Å². The minimum absolute atomic E-state index is 0.214. The maximum absolute atomic E-state index is 13.1. The van der Waals surface area contributed by atoms with E-state index < -0.39 is 17.8 Å². The van der Waals surface area contributed by atoms with E-state index >= 15 is 0 Å². The van der Waals surface area contributed by atoms with Gasteiger partial charge >= 0.3 is 6.03 Å². The second-order valence-electron chi connectivity index (χ2n) is 8.41. The van der Waals surface area contributed by atoms with Crippen molar-refractivity contribution in [1.82, 2.24) is 5.32 Å². The number of ether oxygens (including phenoxy) is 2. The molecule has 188 valence electrons. The van der Waals surface area contributed by atoms with Crippen molar-refractivity contribution in [3.8, 4) is 11.5 Å². The van der Waals surface area contributed by atoms with Gasteiger partial charge in [0.15, 0.2) is 18.1 Å². The van der Waals surface area contributed by atoms with E-state index in [-0.39, 0.29) is 18.1 Å². The first-order valence-corrected chi connectivity index (χ1v) is 11.4. The molecular formula is C28H25N3O6. The van der Waals surface area contributed by atoms with Gasteiger partial charge in [-0.15, -0.1) is 0 Å². The molecule has 4 rings (SSSR count). The lowest BCUT2D eigenvalue weighted by atomic mass is 10.1. The second kappa shape index (κ2) is 10.8. The molecule has 3 aromatic carbocycles. The van der Waals surface area contributed by atoms with Gasteiger partial charge in [-0.3, -0.25) is 19.7 Å². The third-order valence-corrected chi connectivity index (χ3v) is 5.59. The minimum atomic E-state index is -0.818. The van der Waals surface area contributed by atoms with Crippen molar-refractivity contribution < 1.29 is 28.7 Å². The average Bonchev–Trinajstić information content (AvgIpc) is 2.88. The molecule has 2 N–H and O–H groups in total. The fraction of sp³-hybridized carbons (Fsp3) is 0.143. The third-order valence-electron chi connectivity index (χ3n) is 5.59. The average molecular weight is 500 g/mol. The van der Waals surface area contributed by atoms with E-state index in [0.29, 0.717) is 28.4 Å². The van der Waals surface area contributed by atoms with Crippen molar-refractivity contribution in [2.45, 2.75) is 13.8 Å². The van der Waals surface area contributed by atoms with Gasteiger partial charge in [0.05, 0.1) is 12.8 Å². The quantitative estimate of drug-likeness (QED) is 0.375. The van der Waals surface area contributed by atoms with Crippen molar-refractivity contribution in [3.05, 3.63) is 89.0 Å². The largest absolute Gasteiger partial charge is 0.493 e. The zero-order valence-electron chi connectivity index (χ0n) is 20.5. The summed E-state index contributed by atoms with van der Waals surface area (Å²) in [5, 5.41) is 4.95. The number of carbonyl (C=O) groups is 4. The van der Waals surface area contributed by atoms with E-state index in [1.54, 1.807) is 54.6 Å². The molecule has 0 saturated carbocycles. The number of benzene rings is 3. The molecule has 1 fully saturated rings. The fourth-order valence-electron chi connectivity index (χ4n) is 3.62. The van der Waals surface area contributed by atoms with Gasteiger partial charge in [-0.25, -0.2) is 9.69 Å². The summed E-state index contributed by atoms with van der Waals surface area (Å²) in [6.07, 6.45) is 1.36. The maximum atomic E-state index is 13.1. The highest BCUT2D eigenvalue weighted by Crippen LogP contribution is 2.30. The topological polar surface area (TPSA) is 114 Å². The number of urea groups is 1. The lowest BCUT2D eigenvalue weighted by Gasteiger charge is -2.26. The summed E-state index contributed by atoms with van der Waals surface area (Å²) < 4.78 is 11.0. The minimum Gasteiger partial charge on any atom is -0.493 e. The Balaban J connectivity index is 1.50. The Hall–Kier alpha value is -4.92. The Morgan fingerprint density at radius 1 is 0.919 bits per heavy atom. The maximum Gasteiger partial charge on any atom is 0.335 e. The summed E-state index contributed by atoms with van der Waals surface area (Å²) in [6, 6.07) is 18.1. The highest BCUT2D eigenvalue weighted by atomic mass is 16.5. The van der Waals surface area contributed by atoms with Crippen LogP contribution in [0.4, 0.5) is 16.2 Å². The molecule has 1 heterocycles. The standard InChI is InChI=1S/C28H25N3O6/c1-17-4-9-20(10-5-17)29-25(32)16-37-23-13-8-19(15-24(23)36-3)14-22-26(33)30-28(35)31(27(22)34)21-11-6-18(2)7-12-21/h4-15H,16H2,1-3H3,(H,29,32)(H,30,33,35)/b22-14+. The molecule has 0 aliphatic carbocycles. The number of hydrogen-bond acceptors (Lipinski definition) is 6. The molecule has 1 aliphatic heterocycles. The predicted molar refractivity (Wildman–Crippen MR) is 138 cm³/mol. The monoisotopic (exact) mass is 499 g/mol. The van der Waals surface area contributed by atoms with Crippen LogP contribution in [0.25, 0.3) is 6.08 Å². The summed E-state index contributed by atoms with van der Waals surface area (Å²) in [6.45, 7) is 3.59. The lowest BCUT2D eigenvalue weighted by Crippen LogP contribution is -2.54. The molecule has 1 aliphatic rings. The number of aryl methyl sites for hydroxylation is 2. The Morgan fingerprint density at radius 2 is 1.57 bits per heavy atom. The predicted octanol–water partition coefficient (Wildman–Crippen LogP) is 4.00. The normalized spacial score (nSPS) is 14.4. The molecule has 9 nitrogen and oxygen atoms in total. The van der Waals surface area contributed by atoms with Crippen molar-refractivity contribution in [3.63, 3.8) is 0 Å². The highest BCUT2D eigenvalue weighted by Gasteiger charge is 2.36. The number of imide groups is 2. The van der Waals surface area contributed by atoms with Crippen LogP contribution in [-0.2, 0) is 14.4 Å². The van der Waals surface area contributed by atoms with Gasteiger partial charge in [0, 0.05) is 5.69 Å². The fourth-order valence-corrected chi connectivity index (χ4v) is 3.62. The zero-order chi connectivity index (χ0) is 26.5. The highest BCUT2D eigenvalue weighted by molar-refractivity contribution is 6.39. The molecule has 9 heteroatoms. The van der Waals surface area contributed by atoms with Crippen molar-refractivity contribution in [2.24, 2.45) is 0 Å². The molecule has 0 bridgehead atoms. The number of rotatable bonds is 7. The summed E-state index contributed by atoms with van der Waals surface area (Å²) >= 11 is 0. The Kier molecular flexibility index (Phi) is 7.34. The van der Waals surface area contributed by atoms with Crippen molar-refractivity contribution in [1.29, 1.82) is 0 Å². The van der Waals surface area contributed by atoms with Gasteiger partial charge in [-0.2, -0.15) is 0 Å². The first-order valence-electron chi connectivity index (χ1n) is 11.4. The molecule has 0 unspecified atom stereocenters. The zero-order valence-corrected chi connectivity index (χ0v) is 20.5. The smallest absolute Gasteiger partial charge is 0.335 e. The van der Waals surface area contributed by atoms with Crippen LogP contribution in [0.2, 0.25) is 0 Å². The molecule has 5 amide bonds. The van der Waals surface area contributed by atoms with Gasteiger partial charge < -0.3 is 14.8 Å². The van der Waals surface area contributed by atoms with Gasteiger partial charge in [0.1, 0.15) is 5.57 Å². The first-order chi connectivity index (χ1) is 17.7. The number of nitrogens with zero attached hydrogens (tertiary/aromatic N) is 1. The molecular weight excluding hydrogens is 474 g/mol. The molecule has 3 aromatic rings. The van der Waals surface area contributed by atoms with Crippen LogP contribution in [0.5, 0.6) is 11.5 Å². The summed E-state index contributed by atoms with van der Waals surface area (Å²) in [5.74, 6) is -1.29. The summed E-state index contributed by atoms with van der Waals surface area (Å²) in [4.78, 5) is 51.1. The van der Waals surface area contributed by atoms with Crippen LogP contribution in [0.15, 0.2) is 72.3 Å². The van der Waals surface area contributed by atoms with Crippen LogP contribution in [0.3, 0.4) is 0 Å². The number of amides is 5. The van der Waals surface area contributed by atoms with Crippen LogP contribution in [0, 0.1) is 13.8 Å². The number of hydrogen-bond donors (Lipinski definition) is 2. The van der Waals surface area contributed by atoms with E-state index in [4.69, 9.17) is 9.47 Å². The molecule has 0 atom stereocenters. The number of methoxy groups -OCH3 is 1. The van der Waals surface area contributed by atoms with Gasteiger partial charge in [0.25, 0.3) is 17.7 Å². The van der Waals surface area contributed by atoms with Gasteiger partial charge in [-0.1, -0.05) is 41.5 Å². The van der Waals surface area contributed by atoms with Gasteiger partial charge in [0.2, 0.25) is 0 Å². The number of anilines is 2. The summed E-state index contributed by atoms with van der Waals surface area (Å²) in [5.41, 5.74) is 3.29. The van der Waals surface area contributed by atoms with Crippen molar-refractivity contribution >= 4 is 41.2 Å². The third kappa shape index (κ3) is 5.84. The lowest BCUT2D eigenvalue weighted by molar-refractivity contribution is -0.122. The van der Waals surface area contributed by atoms with E-state index in [0.717, 1.165) is 16.0 Å². The molecule has 0 radical (unpaired) electrons. The Morgan fingerprint density at radius 3 is 2.22 bits per heavy atom. The number of carbonyl (C=O) groups excluding carboxylic acids is 4. The molecule has 1 saturated heterocycles. The van der Waals surface area contributed by atoms with Gasteiger partial charge in [-0.05, 0) is 61.9 Å². The van der Waals surface area contributed by atoms with Crippen molar-refractivity contribution in [2.75, 3.05) is 23.9 Å². The van der Waals surface area contributed by atoms with Crippen LogP contribution >= 0.6 is 0 Å². The second-order valence-corrected chi connectivity index (χ2v) is 8.41. The first kappa shape index (κ1) is 25.2. The van der Waals surface area contributed by atoms with Crippen LogP contribution in [0.1, 0.15) is 16.7 Å². The summed E-state index contributed by atoms with van der Waals surface area (Å²) in [7, 11) is 1.43. The molecule has 0 spiro atoms. The Bertz CT molecular complexity index is 1390. The number of nitrogens with one attached hydrogen (secondary N) is 2. The Labute approximate surface area is 213 Å².